The SMILES string of the molecule is Cn1c(=O)n(C(=O)O)c(=O)c2c(F)cccc21. The van der Waals surface area contributed by atoms with Crippen LogP contribution in [0.15, 0.2) is 27.8 Å². The minimum Gasteiger partial charge on any atom is -0.464 e. The van der Waals surface area contributed by atoms with Crippen LogP contribution in [0.4, 0.5) is 9.18 Å². The Kier molecular flexibility index (Phi) is 2.31. The second-order valence-corrected chi connectivity index (χ2v) is 3.40. The number of carbonyl (C=O) groups is 1. The summed E-state index contributed by atoms with van der Waals surface area (Å²) in [6, 6.07) is 3.73. The standard InChI is InChI=1S/C10H7FN2O4/c1-12-6-4-2-3-5(11)7(6)8(14)13(9(12)15)10(16)17/h2-4H,1H3,(H,16,17). The Labute approximate surface area is 93.1 Å². The minimum atomic E-state index is -1.74. The lowest BCUT2D eigenvalue weighted by Gasteiger charge is -2.07. The number of rotatable bonds is 0. The molecule has 17 heavy (non-hydrogen) atoms. The molecule has 0 aliphatic heterocycles. The molecule has 2 rings (SSSR count). The first-order valence-corrected chi connectivity index (χ1v) is 4.58. The molecular formula is C10H7FN2O4. The molecule has 0 fully saturated rings. The summed E-state index contributed by atoms with van der Waals surface area (Å²) in [5.74, 6) is -0.863. The van der Waals surface area contributed by atoms with E-state index in [9.17, 15) is 18.8 Å². The number of carboxylic acid groups (broad SMARTS) is 1. The summed E-state index contributed by atoms with van der Waals surface area (Å²) in [4.78, 5) is 34.0. The van der Waals surface area contributed by atoms with Gasteiger partial charge in [-0.2, -0.15) is 4.57 Å². The summed E-state index contributed by atoms with van der Waals surface area (Å²) >= 11 is 0. The molecule has 0 atom stereocenters. The van der Waals surface area contributed by atoms with Gasteiger partial charge in [-0.15, -0.1) is 0 Å². The molecule has 0 spiro atoms. The monoisotopic (exact) mass is 238 g/mol. The van der Waals surface area contributed by atoms with Crippen molar-refractivity contribution in [3.8, 4) is 0 Å². The second kappa shape index (κ2) is 3.55. The van der Waals surface area contributed by atoms with Gasteiger partial charge in [-0.25, -0.2) is 14.0 Å². The number of hydrogen-bond donors (Lipinski definition) is 1. The minimum absolute atomic E-state index is 0.0224. The van der Waals surface area contributed by atoms with Gasteiger partial charge in [0.25, 0.3) is 5.56 Å². The molecular weight excluding hydrogens is 231 g/mol. The fraction of sp³-hybridized carbons (Fsp3) is 0.100. The first-order valence-electron chi connectivity index (χ1n) is 4.58. The fourth-order valence-electron chi connectivity index (χ4n) is 1.62. The normalized spacial score (nSPS) is 10.7. The first-order chi connectivity index (χ1) is 7.95. The highest BCUT2D eigenvalue weighted by Gasteiger charge is 2.17. The number of halogens is 1. The molecule has 0 saturated carbocycles. The summed E-state index contributed by atoms with van der Waals surface area (Å²) in [5, 5.41) is 8.33. The second-order valence-electron chi connectivity index (χ2n) is 3.40. The Morgan fingerprint density at radius 1 is 1.35 bits per heavy atom. The van der Waals surface area contributed by atoms with Crippen LogP contribution in [0.25, 0.3) is 10.9 Å². The fourth-order valence-corrected chi connectivity index (χ4v) is 1.62. The van der Waals surface area contributed by atoms with Gasteiger partial charge in [0, 0.05) is 7.05 Å². The number of nitrogens with zero attached hydrogens (tertiary/aromatic N) is 2. The summed E-state index contributed by atoms with van der Waals surface area (Å²) in [6.07, 6.45) is -1.74. The third kappa shape index (κ3) is 1.43. The molecule has 1 aromatic heterocycles. The molecule has 0 saturated heterocycles. The molecule has 6 nitrogen and oxygen atoms in total. The maximum Gasteiger partial charge on any atom is 0.422 e. The lowest BCUT2D eigenvalue weighted by atomic mass is 10.2. The van der Waals surface area contributed by atoms with E-state index in [4.69, 9.17) is 5.11 Å². The Morgan fingerprint density at radius 2 is 2.00 bits per heavy atom. The molecule has 7 heteroatoms. The first kappa shape index (κ1) is 11.1. The number of hydrogen-bond acceptors (Lipinski definition) is 3. The molecule has 1 aromatic carbocycles. The van der Waals surface area contributed by atoms with Crippen molar-refractivity contribution in [1.29, 1.82) is 0 Å². The van der Waals surface area contributed by atoms with Gasteiger partial charge in [0.2, 0.25) is 0 Å². The number of benzene rings is 1. The third-order valence-electron chi connectivity index (χ3n) is 2.44. The van der Waals surface area contributed by atoms with Gasteiger partial charge in [0.15, 0.2) is 0 Å². The quantitative estimate of drug-likeness (QED) is 0.718. The maximum atomic E-state index is 13.5. The van der Waals surface area contributed by atoms with E-state index in [1.165, 1.54) is 19.2 Å². The van der Waals surface area contributed by atoms with Gasteiger partial charge in [-0.3, -0.25) is 9.36 Å². The zero-order valence-electron chi connectivity index (χ0n) is 8.68. The predicted octanol–water partition coefficient (Wildman–Crippen LogP) is 0.365. The van der Waals surface area contributed by atoms with Crippen LogP contribution in [0.5, 0.6) is 0 Å². The van der Waals surface area contributed by atoms with Crippen molar-refractivity contribution in [3.05, 3.63) is 44.9 Å². The number of aryl methyl sites for hydroxylation is 1. The Balaban J connectivity index is 3.19. The summed E-state index contributed by atoms with van der Waals surface area (Å²) in [5.41, 5.74) is -2.15. The molecule has 2 aromatic rings. The molecule has 1 heterocycles. The van der Waals surface area contributed by atoms with E-state index < -0.39 is 28.5 Å². The molecule has 1 N–H and O–H groups in total. The van der Waals surface area contributed by atoms with E-state index in [1.54, 1.807) is 0 Å². The Morgan fingerprint density at radius 3 is 2.59 bits per heavy atom. The highest BCUT2D eigenvalue weighted by atomic mass is 19.1. The lowest BCUT2D eigenvalue weighted by molar-refractivity contribution is 0.193. The van der Waals surface area contributed by atoms with Crippen molar-refractivity contribution in [1.82, 2.24) is 9.13 Å². The zero-order chi connectivity index (χ0) is 12.7. The lowest BCUT2D eigenvalue weighted by Crippen LogP contribution is -2.42. The van der Waals surface area contributed by atoms with Crippen molar-refractivity contribution < 1.29 is 14.3 Å². The molecule has 88 valence electrons. The average Bonchev–Trinajstić information content (AvgIpc) is 2.25. The van der Waals surface area contributed by atoms with Crippen molar-refractivity contribution in [3.63, 3.8) is 0 Å². The van der Waals surface area contributed by atoms with E-state index in [-0.39, 0.29) is 10.1 Å². The third-order valence-corrected chi connectivity index (χ3v) is 2.44. The van der Waals surface area contributed by atoms with Crippen molar-refractivity contribution in [2.75, 3.05) is 0 Å². The van der Waals surface area contributed by atoms with Crippen LogP contribution in [0.3, 0.4) is 0 Å². The van der Waals surface area contributed by atoms with Crippen LogP contribution in [-0.4, -0.2) is 20.3 Å². The van der Waals surface area contributed by atoms with Crippen molar-refractivity contribution in [2.45, 2.75) is 0 Å². The van der Waals surface area contributed by atoms with Gasteiger partial charge >= 0.3 is 11.8 Å². The van der Waals surface area contributed by atoms with Gasteiger partial charge in [0.05, 0.1) is 5.52 Å². The average molecular weight is 238 g/mol. The van der Waals surface area contributed by atoms with E-state index in [0.717, 1.165) is 10.6 Å². The van der Waals surface area contributed by atoms with Crippen LogP contribution < -0.4 is 11.2 Å². The molecule has 0 unspecified atom stereocenters. The van der Waals surface area contributed by atoms with Crippen LogP contribution in [0, 0.1) is 5.82 Å². The van der Waals surface area contributed by atoms with Crippen LogP contribution in [-0.2, 0) is 7.05 Å². The molecule has 0 bridgehead atoms. The summed E-state index contributed by atoms with van der Waals surface area (Å²) in [6.45, 7) is 0. The Hall–Kier alpha value is -2.44. The molecule has 0 amide bonds. The highest BCUT2D eigenvalue weighted by Crippen LogP contribution is 2.10. The van der Waals surface area contributed by atoms with Gasteiger partial charge in [0.1, 0.15) is 11.2 Å². The van der Waals surface area contributed by atoms with E-state index in [2.05, 4.69) is 0 Å². The Bertz CT molecular complexity index is 744. The maximum absolute atomic E-state index is 13.5. The highest BCUT2D eigenvalue weighted by molar-refractivity contribution is 5.81. The summed E-state index contributed by atoms with van der Waals surface area (Å²) in [7, 11) is 1.27. The topological polar surface area (TPSA) is 81.3 Å². The van der Waals surface area contributed by atoms with E-state index >= 15 is 0 Å². The van der Waals surface area contributed by atoms with Gasteiger partial charge in [-0.05, 0) is 12.1 Å². The molecule has 0 aliphatic rings. The number of aromatic nitrogens is 2. The molecule has 0 radical (unpaired) electrons. The van der Waals surface area contributed by atoms with E-state index in [0.29, 0.717) is 0 Å². The predicted molar refractivity (Wildman–Crippen MR) is 56.8 cm³/mol. The van der Waals surface area contributed by atoms with E-state index in [1.807, 2.05) is 0 Å². The summed E-state index contributed by atoms with van der Waals surface area (Å²) < 4.78 is 14.4. The van der Waals surface area contributed by atoms with Gasteiger partial charge < -0.3 is 5.11 Å². The van der Waals surface area contributed by atoms with Crippen LogP contribution in [0.2, 0.25) is 0 Å². The number of fused-ring (bicyclic) bond motifs is 1. The van der Waals surface area contributed by atoms with Crippen LogP contribution >= 0.6 is 0 Å². The van der Waals surface area contributed by atoms with Gasteiger partial charge in [-0.1, -0.05) is 6.07 Å². The smallest absolute Gasteiger partial charge is 0.422 e. The van der Waals surface area contributed by atoms with Crippen LogP contribution in [0.1, 0.15) is 0 Å². The van der Waals surface area contributed by atoms with Crippen molar-refractivity contribution in [2.24, 2.45) is 7.05 Å². The molecule has 0 aliphatic carbocycles. The largest absolute Gasteiger partial charge is 0.464 e. The zero-order valence-corrected chi connectivity index (χ0v) is 8.68. The van der Waals surface area contributed by atoms with Crippen molar-refractivity contribution >= 4 is 17.0 Å².